The van der Waals surface area contributed by atoms with Crippen molar-refractivity contribution >= 4 is 41.5 Å². The third-order valence-electron chi connectivity index (χ3n) is 6.71. The first-order valence-corrected chi connectivity index (χ1v) is 15.1. The number of hydrogen-bond acceptors (Lipinski definition) is 6. The lowest BCUT2D eigenvalue weighted by molar-refractivity contribution is -0.486. The van der Waals surface area contributed by atoms with Gasteiger partial charge in [0.15, 0.2) is 5.03 Å². The van der Waals surface area contributed by atoms with Crippen LogP contribution in [-0.4, -0.2) is 65.0 Å². The molecule has 0 aliphatic carbocycles. The predicted molar refractivity (Wildman–Crippen MR) is 172 cm³/mol. The van der Waals surface area contributed by atoms with E-state index in [0.717, 1.165) is 40.0 Å². The van der Waals surface area contributed by atoms with Crippen LogP contribution in [0.3, 0.4) is 0 Å². The second-order valence-electron chi connectivity index (χ2n) is 11.9. The van der Waals surface area contributed by atoms with E-state index >= 15 is 0 Å². The zero-order valence-electron chi connectivity index (χ0n) is 25.9. The summed E-state index contributed by atoms with van der Waals surface area (Å²) in [5.41, 5.74) is 4.32. The van der Waals surface area contributed by atoms with Gasteiger partial charge in [-0.25, -0.2) is 20.1 Å². The van der Waals surface area contributed by atoms with Crippen LogP contribution in [-0.2, 0) is 6.54 Å². The quantitative estimate of drug-likeness (QED) is 0.130. The Bertz CT molecular complexity index is 1570. The molecule has 3 aromatic rings. The normalized spacial score (nSPS) is 14.2. The van der Waals surface area contributed by atoms with Crippen LogP contribution < -0.4 is 0 Å². The van der Waals surface area contributed by atoms with E-state index < -0.39 is 16.5 Å². The Kier molecular flexibility index (Phi) is 9.85. The van der Waals surface area contributed by atoms with Crippen molar-refractivity contribution in [2.75, 3.05) is 13.1 Å². The summed E-state index contributed by atoms with van der Waals surface area (Å²) in [5.74, 6) is -0.790. The van der Waals surface area contributed by atoms with Gasteiger partial charge in [0.05, 0.1) is 24.2 Å². The van der Waals surface area contributed by atoms with E-state index in [2.05, 4.69) is 10.1 Å². The number of amides is 2. The highest BCUT2D eigenvalue weighted by molar-refractivity contribution is 7.95. The number of hydrazine groups is 1. The number of carbonyl (C=O) groups excluding carboxylic acids is 2. The van der Waals surface area contributed by atoms with Crippen LogP contribution in [0.2, 0.25) is 5.15 Å². The molecule has 13 heteroatoms. The average Bonchev–Trinajstić information content (AvgIpc) is 3.27. The Labute approximate surface area is 266 Å². The van der Waals surface area contributed by atoms with Crippen molar-refractivity contribution in [3.63, 3.8) is 0 Å². The molecule has 0 unspecified atom stereocenters. The SMILES string of the molecule is Cc1cc(C)cc(C(=O)N(SN2CCN(Cc3ccc(Cl)nc3)/C2=N/[N+](=O)[O-])N(C(=O)c2cc(C)cc(C)c2)C(C)(C)C)c1. The molecule has 1 aromatic heterocycles. The molecule has 1 fully saturated rings. The van der Waals surface area contributed by atoms with Crippen molar-refractivity contribution in [3.8, 4) is 0 Å². The van der Waals surface area contributed by atoms with Gasteiger partial charge in [0, 0.05) is 30.4 Å². The van der Waals surface area contributed by atoms with Gasteiger partial charge in [-0.05, 0) is 84.4 Å². The summed E-state index contributed by atoms with van der Waals surface area (Å²) in [4.78, 5) is 46.2. The van der Waals surface area contributed by atoms with Gasteiger partial charge in [0.2, 0.25) is 0 Å². The molecular weight excluding hydrogens is 602 g/mol. The molecule has 2 heterocycles. The number of guanidine groups is 1. The molecule has 0 bridgehead atoms. The Morgan fingerprint density at radius 2 is 1.50 bits per heavy atom. The Balaban J connectivity index is 1.79. The fourth-order valence-corrected chi connectivity index (χ4v) is 6.31. The molecule has 44 heavy (non-hydrogen) atoms. The van der Waals surface area contributed by atoms with Crippen LogP contribution >= 0.6 is 23.7 Å². The smallest absolute Gasteiger partial charge is 0.285 e. The summed E-state index contributed by atoms with van der Waals surface area (Å²) in [6.07, 6.45) is 1.60. The molecule has 0 atom stereocenters. The highest BCUT2D eigenvalue weighted by atomic mass is 35.5. The molecule has 0 saturated carbocycles. The Morgan fingerprint density at radius 1 is 0.955 bits per heavy atom. The number of benzene rings is 2. The summed E-state index contributed by atoms with van der Waals surface area (Å²) >= 11 is 6.85. The van der Waals surface area contributed by atoms with Crippen molar-refractivity contribution in [2.45, 2.75) is 60.5 Å². The number of hydrazone groups is 1. The van der Waals surface area contributed by atoms with E-state index in [-0.39, 0.29) is 18.4 Å². The number of nitro groups is 1. The van der Waals surface area contributed by atoms with Crippen LogP contribution in [0.1, 0.15) is 69.3 Å². The minimum absolute atomic E-state index is 0.0425. The number of aryl methyl sites for hydroxylation is 4. The maximum atomic E-state index is 14.4. The largest absolute Gasteiger partial charge is 0.331 e. The Morgan fingerprint density at radius 3 is 1.98 bits per heavy atom. The number of carbonyl (C=O) groups is 2. The summed E-state index contributed by atoms with van der Waals surface area (Å²) in [6.45, 7) is 14.1. The van der Waals surface area contributed by atoms with Gasteiger partial charge >= 0.3 is 0 Å². The first kappa shape index (κ1) is 32.7. The van der Waals surface area contributed by atoms with E-state index in [0.29, 0.717) is 29.4 Å². The number of rotatable bonds is 7. The van der Waals surface area contributed by atoms with E-state index in [1.54, 1.807) is 51.8 Å². The van der Waals surface area contributed by atoms with Gasteiger partial charge in [-0.3, -0.25) is 13.9 Å². The topological polar surface area (TPSA) is 115 Å². The number of aromatic nitrogens is 1. The van der Waals surface area contributed by atoms with E-state index in [4.69, 9.17) is 11.6 Å². The third kappa shape index (κ3) is 7.86. The molecule has 4 rings (SSSR count). The number of halogens is 1. The van der Waals surface area contributed by atoms with E-state index in [1.165, 1.54) is 9.42 Å². The molecule has 2 amide bonds. The lowest BCUT2D eigenvalue weighted by atomic mass is 10.0. The summed E-state index contributed by atoms with van der Waals surface area (Å²) in [6, 6.07) is 14.5. The van der Waals surface area contributed by atoms with Gasteiger partial charge in [-0.15, -0.1) is 0 Å². The van der Waals surface area contributed by atoms with Crippen LogP contribution in [0.25, 0.3) is 0 Å². The second kappa shape index (κ2) is 13.2. The van der Waals surface area contributed by atoms with Gasteiger partial charge in [-0.1, -0.05) is 52.1 Å². The van der Waals surface area contributed by atoms with E-state index in [1.807, 2.05) is 60.6 Å². The third-order valence-corrected chi connectivity index (χ3v) is 7.96. The predicted octanol–water partition coefficient (Wildman–Crippen LogP) is 6.20. The lowest BCUT2D eigenvalue weighted by Gasteiger charge is -2.43. The first-order chi connectivity index (χ1) is 20.6. The molecule has 1 aliphatic rings. The minimum Gasteiger partial charge on any atom is -0.331 e. The molecule has 1 aliphatic heterocycles. The summed E-state index contributed by atoms with van der Waals surface area (Å²) in [5, 5.41) is 16.4. The zero-order valence-corrected chi connectivity index (χ0v) is 27.4. The zero-order chi connectivity index (χ0) is 32.3. The second-order valence-corrected chi connectivity index (χ2v) is 13.2. The van der Waals surface area contributed by atoms with Gasteiger partial charge < -0.3 is 4.90 Å². The number of nitrogens with zero attached hydrogens (tertiary/aromatic N) is 7. The molecule has 0 N–H and O–H groups in total. The van der Waals surface area contributed by atoms with Crippen LogP contribution in [0.5, 0.6) is 0 Å². The highest BCUT2D eigenvalue weighted by Crippen LogP contribution is 2.33. The molecule has 232 valence electrons. The van der Waals surface area contributed by atoms with Crippen molar-refractivity contribution in [1.82, 2.24) is 23.6 Å². The van der Waals surface area contributed by atoms with Crippen LogP contribution in [0, 0.1) is 37.8 Å². The molecule has 1 saturated heterocycles. The number of hydrogen-bond donors (Lipinski definition) is 0. The lowest BCUT2D eigenvalue weighted by Crippen LogP contribution is -2.56. The number of pyridine rings is 1. The van der Waals surface area contributed by atoms with Crippen molar-refractivity contribution in [3.05, 3.63) is 109 Å². The fraction of sp³-hybridized carbons (Fsp3) is 0.355. The van der Waals surface area contributed by atoms with E-state index in [9.17, 15) is 19.7 Å². The van der Waals surface area contributed by atoms with Gasteiger partial charge in [-0.2, -0.15) is 4.41 Å². The molecule has 11 nitrogen and oxygen atoms in total. The average molecular weight is 638 g/mol. The fourth-order valence-electron chi connectivity index (χ4n) is 5.05. The molecular formula is C31H36ClN7O4S. The maximum Gasteiger partial charge on any atom is 0.285 e. The first-order valence-electron chi connectivity index (χ1n) is 14.0. The van der Waals surface area contributed by atoms with Crippen LogP contribution in [0.15, 0.2) is 59.8 Å². The monoisotopic (exact) mass is 637 g/mol. The minimum atomic E-state index is -0.870. The molecule has 0 radical (unpaired) electrons. The Hall–Kier alpha value is -4.16. The standard InChI is InChI=1S/C31H36ClN7O4S/c1-20-12-21(2)15-25(14-20)28(40)37(31(5,6)7)38(29(41)26-16-22(3)13-23(4)17-26)44-36-11-10-35(30(36)34-39(42)43)19-24-8-9-27(32)33-18-24/h8-9,12-18H,10-11,19H2,1-7H3/b34-30-. The highest BCUT2D eigenvalue weighted by Gasteiger charge is 2.41. The van der Waals surface area contributed by atoms with Crippen molar-refractivity contribution in [2.24, 2.45) is 5.10 Å². The summed E-state index contributed by atoms with van der Waals surface area (Å²) < 4.78 is 2.87. The van der Waals surface area contributed by atoms with Crippen LogP contribution in [0.4, 0.5) is 0 Å². The van der Waals surface area contributed by atoms with Gasteiger partial charge in [0.25, 0.3) is 17.8 Å². The van der Waals surface area contributed by atoms with Crippen molar-refractivity contribution in [1.29, 1.82) is 0 Å². The molecule has 0 spiro atoms. The molecule has 2 aromatic carbocycles. The van der Waals surface area contributed by atoms with Crippen molar-refractivity contribution < 1.29 is 14.6 Å². The summed E-state index contributed by atoms with van der Waals surface area (Å²) in [7, 11) is 0. The van der Waals surface area contributed by atoms with Gasteiger partial charge in [0.1, 0.15) is 10.3 Å². The maximum absolute atomic E-state index is 14.4.